The summed E-state index contributed by atoms with van der Waals surface area (Å²) >= 11 is 9.50. The Morgan fingerprint density at radius 1 is 1.06 bits per heavy atom. The van der Waals surface area contributed by atoms with Crippen molar-refractivity contribution in [3.8, 4) is 11.5 Å². The van der Waals surface area contributed by atoms with Crippen LogP contribution in [0.4, 0.5) is 10.1 Å². The third-order valence-electron chi connectivity index (χ3n) is 4.84. The topological polar surface area (TPSA) is 108 Å². The number of amides is 1. The molecule has 0 saturated carbocycles. The highest BCUT2D eigenvalue weighted by molar-refractivity contribution is 9.10. The lowest BCUT2D eigenvalue weighted by Crippen LogP contribution is -2.25. The van der Waals surface area contributed by atoms with E-state index in [9.17, 15) is 14.0 Å². The van der Waals surface area contributed by atoms with Gasteiger partial charge in [0.2, 0.25) is 0 Å². The monoisotopic (exact) mass is 539 g/mol. The van der Waals surface area contributed by atoms with Crippen molar-refractivity contribution in [2.24, 2.45) is 0 Å². The van der Waals surface area contributed by atoms with E-state index in [1.54, 1.807) is 30.3 Å². The minimum atomic E-state index is -0.575. The quantitative estimate of drug-likeness (QED) is 0.367. The van der Waals surface area contributed by atoms with Gasteiger partial charge in [0.25, 0.3) is 11.5 Å². The molecule has 168 valence electrons. The Kier molecular flexibility index (Phi) is 5.64. The summed E-state index contributed by atoms with van der Waals surface area (Å²) in [6, 6.07) is 14.9. The van der Waals surface area contributed by atoms with Crippen molar-refractivity contribution in [1.82, 2.24) is 29.8 Å². The van der Waals surface area contributed by atoms with E-state index < -0.39 is 17.3 Å². The van der Waals surface area contributed by atoms with Gasteiger partial charge >= 0.3 is 0 Å². The number of nitrogens with one attached hydrogen (secondary N) is 1. The number of pyridine rings is 1. The molecule has 0 fully saturated rings. The highest BCUT2D eigenvalue weighted by Gasteiger charge is 2.20. The standard InChI is InChI=1S/C22H12BrClFN7O2/c23-18-11-17(32(29-18)20-14(24)6-3-9-26-20)21(33)27-15-7-2-8-16-19(15)22(34)31(30-28-16)13-5-1-4-12(25)10-13/h1-11H,(H,27,33). The number of nitrogens with zero attached hydrogens (tertiary/aromatic N) is 6. The smallest absolute Gasteiger partial charge is 0.284 e. The summed E-state index contributed by atoms with van der Waals surface area (Å²) in [4.78, 5) is 30.7. The van der Waals surface area contributed by atoms with Gasteiger partial charge in [-0.05, 0) is 58.4 Å². The highest BCUT2D eigenvalue weighted by atomic mass is 79.9. The molecule has 0 saturated heterocycles. The zero-order valence-electron chi connectivity index (χ0n) is 17.0. The molecule has 0 aliphatic carbocycles. The molecule has 0 radical (unpaired) electrons. The number of fused-ring (bicyclic) bond motifs is 1. The van der Waals surface area contributed by atoms with Crippen LogP contribution in [0.5, 0.6) is 0 Å². The lowest BCUT2D eigenvalue weighted by molar-refractivity contribution is 0.101. The average Bonchev–Trinajstić information content (AvgIpc) is 3.21. The molecule has 0 unspecified atom stereocenters. The Labute approximate surface area is 203 Å². The maximum absolute atomic E-state index is 13.7. The summed E-state index contributed by atoms with van der Waals surface area (Å²) in [5, 5.41) is 15.3. The molecule has 3 aromatic heterocycles. The van der Waals surface area contributed by atoms with E-state index >= 15 is 0 Å². The molecule has 0 atom stereocenters. The van der Waals surface area contributed by atoms with Gasteiger partial charge in [0.05, 0.1) is 21.8 Å². The number of hydrogen-bond acceptors (Lipinski definition) is 6. The minimum absolute atomic E-state index is 0.108. The summed E-state index contributed by atoms with van der Waals surface area (Å²) in [5.41, 5.74) is 0.208. The second-order valence-electron chi connectivity index (χ2n) is 7.01. The predicted octanol–water partition coefficient (Wildman–Crippen LogP) is 4.17. The van der Waals surface area contributed by atoms with E-state index in [-0.39, 0.29) is 33.8 Å². The molecular weight excluding hydrogens is 529 g/mol. The normalized spacial score (nSPS) is 11.0. The molecule has 0 bridgehead atoms. The van der Waals surface area contributed by atoms with E-state index in [0.717, 1.165) is 10.7 Å². The van der Waals surface area contributed by atoms with Gasteiger partial charge < -0.3 is 5.32 Å². The van der Waals surface area contributed by atoms with Crippen LogP contribution >= 0.6 is 27.5 Å². The van der Waals surface area contributed by atoms with E-state index in [0.29, 0.717) is 9.63 Å². The number of carbonyl (C=O) groups is 1. The fourth-order valence-corrected chi connectivity index (χ4v) is 3.94. The summed E-state index contributed by atoms with van der Waals surface area (Å²) in [7, 11) is 0. The molecule has 5 aromatic rings. The summed E-state index contributed by atoms with van der Waals surface area (Å²) in [6.07, 6.45) is 1.52. The Morgan fingerprint density at radius 3 is 2.68 bits per heavy atom. The van der Waals surface area contributed by atoms with Gasteiger partial charge in [-0.2, -0.15) is 9.78 Å². The predicted molar refractivity (Wildman–Crippen MR) is 127 cm³/mol. The molecule has 0 spiro atoms. The van der Waals surface area contributed by atoms with Gasteiger partial charge in [-0.1, -0.05) is 28.9 Å². The van der Waals surface area contributed by atoms with Gasteiger partial charge in [0.15, 0.2) is 5.82 Å². The van der Waals surface area contributed by atoms with Crippen LogP contribution in [0.3, 0.4) is 0 Å². The first-order valence-electron chi connectivity index (χ1n) is 9.75. The Hall–Kier alpha value is -3.96. The van der Waals surface area contributed by atoms with Crippen LogP contribution in [0.1, 0.15) is 10.5 Å². The second kappa shape index (κ2) is 8.76. The SMILES string of the molecule is O=C(Nc1cccc2nnn(-c3cccc(F)c3)c(=O)c12)c1cc(Br)nn1-c1ncccc1Cl. The fraction of sp³-hybridized carbons (Fsp3) is 0. The number of hydrogen-bond donors (Lipinski definition) is 1. The highest BCUT2D eigenvalue weighted by Crippen LogP contribution is 2.24. The van der Waals surface area contributed by atoms with Crippen LogP contribution in [0.25, 0.3) is 22.4 Å². The lowest BCUT2D eigenvalue weighted by atomic mass is 10.2. The molecule has 34 heavy (non-hydrogen) atoms. The number of aromatic nitrogens is 6. The van der Waals surface area contributed by atoms with Crippen LogP contribution in [-0.2, 0) is 0 Å². The number of anilines is 1. The lowest BCUT2D eigenvalue weighted by Gasteiger charge is -2.11. The fourth-order valence-electron chi connectivity index (χ4n) is 3.36. The van der Waals surface area contributed by atoms with Crippen LogP contribution in [-0.4, -0.2) is 35.7 Å². The molecule has 1 amide bonds. The van der Waals surface area contributed by atoms with Crippen LogP contribution in [0, 0.1) is 5.82 Å². The average molecular weight is 541 g/mol. The van der Waals surface area contributed by atoms with Gasteiger partial charge in [-0.15, -0.1) is 5.10 Å². The van der Waals surface area contributed by atoms with Crippen molar-refractivity contribution in [2.45, 2.75) is 0 Å². The minimum Gasteiger partial charge on any atom is -0.320 e. The Morgan fingerprint density at radius 2 is 1.88 bits per heavy atom. The van der Waals surface area contributed by atoms with Gasteiger partial charge in [0.1, 0.15) is 21.6 Å². The number of carbonyl (C=O) groups excluding carboxylic acids is 1. The van der Waals surface area contributed by atoms with E-state index in [2.05, 4.69) is 41.6 Å². The van der Waals surface area contributed by atoms with Crippen molar-refractivity contribution >= 4 is 50.0 Å². The largest absolute Gasteiger partial charge is 0.320 e. The van der Waals surface area contributed by atoms with E-state index in [1.165, 1.54) is 35.1 Å². The zero-order valence-corrected chi connectivity index (χ0v) is 19.3. The molecule has 12 heteroatoms. The summed E-state index contributed by atoms with van der Waals surface area (Å²) in [5.74, 6) is -0.835. The Bertz CT molecular complexity index is 1640. The maximum Gasteiger partial charge on any atom is 0.284 e. The van der Waals surface area contributed by atoms with E-state index in [4.69, 9.17) is 11.6 Å². The Balaban J connectivity index is 1.59. The third-order valence-corrected chi connectivity index (χ3v) is 5.53. The molecule has 2 aromatic carbocycles. The molecule has 5 rings (SSSR count). The molecule has 0 aliphatic heterocycles. The number of rotatable bonds is 4. The van der Waals surface area contributed by atoms with Crippen LogP contribution in [0.15, 0.2) is 76.3 Å². The number of benzene rings is 2. The molecule has 1 N–H and O–H groups in total. The molecule has 9 nitrogen and oxygen atoms in total. The third kappa shape index (κ3) is 3.95. The van der Waals surface area contributed by atoms with Crippen molar-refractivity contribution in [3.63, 3.8) is 0 Å². The van der Waals surface area contributed by atoms with Crippen LogP contribution in [0.2, 0.25) is 5.02 Å². The van der Waals surface area contributed by atoms with Crippen LogP contribution < -0.4 is 10.9 Å². The molecule has 0 aliphatic rings. The summed E-state index contributed by atoms with van der Waals surface area (Å²) in [6.45, 7) is 0. The maximum atomic E-state index is 13.7. The first kappa shape index (κ1) is 21.9. The summed E-state index contributed by atoms with van der Waals surface area (Å²) < 4.78 is 16.3. The van der Waals surface area contributed by atoms with Gasteiger partial charge in [-0.25, -0.2) is 14.1 Å². The van der Waals surface area contributed by atoms with Crippen molar-refractivity contribution in [3.05, 3.63) is 98.4 Å². The van der Waals surface area contributed by atoms with Gasteiger partial charge in [0, 0.05) is 12.3 Å². The van der Waals surface area contributed by atoms with Crippen molar-refractivity contribution in [2.75, 3.05) is 5.32 Å². The second-order valence-corrected chi connectivity index (χ2v) is 8.23. The zero-order chi connectivity index (χ0) is 23.8. The molecular formula is C22H12BrClFN7O2. The van der Waals surface area contributed by atoms with E-state index in [1.807, 2.05) is 0 Å². The molecule has 3 heterocycles. The van der Waals surface area contributed by atoms with Gasteiger partial charge in [-0.3, -0.25) is 9.59 Å². The van der Waals surface area contributed by atoms with Crippen molar-refractivity contribution in [1.29, 1.82) is 0 Å². The first-order valence-corrected chi connectivity index (χ1v) is 10.9. The van der Waals surface area contributed by atoms with Crippen molar-refractivity contribution < 1.29 is 9.18 Å². The number of halogens is 3. The first-order chi connectivity index (χ1) is 16.4.